The van der Waals surface area contributed by atoms with Gasteiger partial charge in [-0.1, -0.05) is 6.92 Å². The molecule has 0 aromatic rings. The van der Waals surface area contributed by atoms with Gasteiger partial charge in [0.1, 0.15) is 6.04 Å². The van der Waals surface area contributed by atoms with Crippen LogP contribution in [0.3, 0.4) is 0 Å². The Labute approximate surface area is 74.1 Å². The highest BCUT2D eigenvalue weighted by Gasteiger charge is 2.38. The van der Waals surface area contributed by atoms with Gasteiger partial charge in [-0.15, -0.1) is 0 Å². The first kappa shape index (κ1) is 9.67. The first-order valence-corrected chi connectivity index (χ1v) is 5.38. The van der Waals surface area contributed by atoms with Gasteiger partial charge in [0.25, 0.3) is 0 Å². The molecule has 1 N–H and O–H groups in total. The molecule has 0 aromatic heterocycles. The Hall–Kier alpha value is -0.420. The number of hydrogen-bond acceptors (Lipinski definition) is 2. The van der Waals surface area contributed by atoms with E-state index in [1.54, 1.807) is 0 Å². The molecule has 0 bridgehead atoms. The lowest BCUT2D eigenvalue weighted by molar-refractivity contribution is -0.141. The van der Waals surface area contributed by atoms with Gasteiger partial charge in [-0.2, -0.15) is 0 Å². The van der Waals surface area contributed by atoms with Crippen molar-refractivity contribution in [1.82, 2.24) is 4.31 Å². The summed E-state index contributed by atoms with van der Waals surface area (Å²) in [6.07, 6.45) is 2.34. The maximum absolute atomic E-state index is 11.1. The van der Waals surface area contributed by atoms with Crippen molar-refractivity contribution in [2.75, 3.05) is 12.8 Å². The van der Waals surface area contributed by atoms with Crippen LogP contribution in [0.15, 0.2) is 0 Å². The van der Waals surface area contributed by atoms with Crippen LogP contribution < -0.4 is 0 Å². The highest BCUT2D eigenvalue weighted by atomic mass is 32.2. The third-order valence-corrected chi connectivity index (χ3v) is 3.31. The van der Waals surface area contributed by atoms with E-state index < -0.39 is 23.0 Å². The van der Waals surface area contributed by atoms with Crippen LogP contribution in [0.2, 0.25) is 0 Å². The monoisotopic (exact) mass is 191 g/mol. The zero-order chi connectivity index (χ0) is 9.30. The number of carbonyl (C=O) groups is 1. The molecule has 1 heterocycles. The molecular formula is C7H13NO3S. The van der Waals surface area contributed by atoms with Crippen molar-refractivity contribution in [1.29, 1.82) is 0 Å². The molecule has 1 rings (SSSR count). The summed E-state index contributed by atoms with van der Waals surface area (Å²) in [5.74, 6) is -0.762. The second kappa shape index (κ2) is 3.53. The van der Waals surface area contributed by atoms with E-state index in [9.17, 15) is 9.00 Å². The number of carboxylic acids is 1. The third-order valence-electron chi connectivity index (χ3n) is 2.24. The Balaban J connectivity index is 2.77. The molecule has 0 aliphatic carbocycles. The van der Waals surface area contributed by atoms with Gasteiger partial charge in [0, 0.05) is 12.8 Å². The van der Waals surface area contributed by atoms with E-state index in [1.165, 1.54) is 10.6 Å². The van der Waals surface area contributed by atoms with E-state index in [-0.39, 0.29) is 5.92 Å². The summed E-state index contributed by atoms with van der Waals surface area (Å²) in [6.45, 7) is 2.51. The molecule has 4 nitrogen and oxygen atoms in total. The van der Waals surface area contributed by atoms with Gasteiger partial charge in [-0.05, 0) is 12.3 Å². The molecule has 1 aliphatic heterocycles. The molecule has 12 heavy (non-hydrogen) atoms. The molecule has 0 saturated carbocycles. The van der Waals surface area contributed by atoms with E-state index in [0.717, 1.165) is 6.42 Å². The van der Waals surface area contributed by atoms with Crippen molar-refractivity contribution in [3.8, 4) is 0 Å². The van der Waals surface area contributed by atoms with Gasteiger partial charge in [0.15, 0.2) is 0 Å². The van der Waals surface area contributed by atoms with Gasteiger partial charge in [-0.3, -0.25) is 4.79 Å². The van der Waals surface area contributed by atoms with Crippen molar-refractivity contribution in [2.24, 2.45) is 5.92 Å². The summed E-state index contributed by atoms with van der Waals surface area (Å²) >= 11 is 0. The SMILES string of the molecule is CC1CCN(S(C)=O)C1C(=O)O. The van der Waals surface area contributed by atoms with Crippen LogP contribution in [0, 0.1) is 5.92 Å². The molecule has 3 unspecified atom stereocenters. The minimum atomic E-state index is -1.16. The predicted octanol–water partition coefficient (Wildman–Crippen LogP) is 0.0749. The van der Waals surface area contributed by atoms with E-state index in [0.29, 0.717) is 6.54 Å². The maximum atomic E-state index is 11.1. The van der Waals surface area contributed by atoms with Crippen LogP contribution in [0.1, 0.15) is 13.3 Å². The zero-order valence-electron chi connectivity index (χ0n) is 7.19. The zero-order valence-corrected chi connectivity index (χ0v) is 8.00. The molecule has 5 heteroatoms. The van der Waals surface area contributed by atoms with E-state index in [2.05, 4.69) is 0 Å². The first-order chi connectivity index (χ1) is 5.54. The lowest BCUT2D eigenvalue weighted by Crippen LogP contribution is -2.39. The van der Waals surface area contributed by atoms with Crippen LogP contribution in [-0.2, 0) is 15.8 Å². The average Bonchev–Trinajstić information content (AvgIpc) is 2.30. The molecule has 0 radical (unpaired) electrons. The van der Waals surface area contributed by atoms with E-state index in [4.69, 9.17) is 5.11 Å². The minimum absolute atomic E-state index is 0.103. The van der Waals surface area contributed by atoms with Crippen LogP contribution in [0.25, 0.3) is 0 Å². The Kier molecular flexibility index (Phi) is 2.85. The van der Waals surface area contributed by atoms with Crippen molar-refractivity contribution >= 4 is 17.0 Å². The fourth-order valence-electron chi connectivity index (χ4n) is 1.57. The van der Waals surface area contributed by atoms with Crippen LogP contribution in [-0.4, -0.2) is 38.4 Å². The van der Waals surface area contributed by atoms with Crippen molar-refractivity contribution in [3.05, 3.63) is 0 Å². The number of hydrogen-bond donors (Lipinski definition) is 1. The van der Waals surface area contributed by atoms with Crippen molar-refractivity contribution < 1.29 is 14.1 Å². The van der Waals surface area contributed by atoms with Crippen LogP contribution in [0.5, 0.6) is 0 Å². The number of rotatable bonds is 2. The van der Waals surface area contributed by atoms with Gasteiger partial charge in [-0.25, -0.2) is 8.51 Å². The van der Waals surface area contributed by atoms with Gasteiger partial charge >= 0.3 is 5.97 Å². The molecule has 1 aliphatic rings. The largest absolute Gasteiger partial charge is 0.480 e. The fraction of sp³-hybridized carbons (Fsp3) is 0.857. The molecular weight excluding hydrogens is 178 g/mol. The van der Waals surface area contributed by atoms with Crippen LogP contribution in [0.4, 0.5) is 0 Å². The third kappa shape index (κ3) is 1.67. The Morgan fingerprint density at radius 1 is 1.67 bits per heavy atom. The molecule has 3 atom stereocenters. The Morgan fingerprint density at radius 3 is 2.58 bits per heavy atom. The molecule has 0 amide bonds. The van der Waals surface area contributed by atoms with E-state index in [1.807, 2.05) is 6.92 Å². The number of aliphatic carboxylic acids is 1. The average molecular weight is 191 g/mol. The number of nitrogens with zero attached hydrogens (tertiary/aromatic N) is 1. The lowest BCUT2D eigenvalue weighted by atomic mass is 10.0. The first-order valence-electron chi connectivity index (χ1n) is 3.87. The molecule has 0 aromatic carbocycles. The highest BCUT2D eigenvalue weighted by molar-refractivity contribution is 7.81. The summed E-state index contributed by atoms with van der Waals surface area (Å²) in [7, 11) is -1.16. The predicted molar refractivity (Wildman–Crippen MR) is 46.0 cm³/mol. The summed E-state index contributed by atoms with van der Waals surface area (Å²) in [4.78, 5) is 10.8. The van der Waals surface area contributed by atoms with Crippen molar-refractivity contribution in [3.63, 3.8) is 0 Å². The summed E-state index contributed by atoms with van der Waals surface area (Å²) in [6, 6.07) is -0.559. The minimum Gasteiger partial charge on any atom is -0.480 e. The normalized spacial score (nSPS) is 33.5. The second-order valence-electron chi connectivity index (χ2n) is 3.11. The molecule has 1 fully saturated rings. The van der Waals surface area contributed by atoms with Crippen LogP contribution >= 0.6 is 0 Å². The Morgan fingerprint density at radius 2 is 2.25 bits per heavy atom. The summed E-state index contributed by atoms with van der Waals surface area (Å²) in [5.41, 5.74) is 0. The molecule has 0 spiro atoms. The van der Waals surface area contributed by atoms with Crippen molar-refractivity contribution in [2.45, 2.75) is 19.4 Å². The van der Waals surface area contributed by atoms with Gasteiger partial charge < -0.3 is 5.11 Å². The topological polar surface area (TPSA) is 57.6 Å². The summed E-state index contributed by atoms with van der Waals surface area (Å²) in [5, 5.41) is 8.83. The Bertz CT molecular complexity index is 219. The maximum Gasteiger partial charge on any atom is 0.322 e. The highest BCUT2D eigenvalue weighted by Crippen LogP contribution is 2.24. The van der Waals surface area contributed by atoms with Gasteiger partial charge in [0.2, 0.25) is 0 Å². The standard InChI is InChI=1S/C7H13NO3S/c1-5-3-4-8(12(2)11)6(5)7(9)10/h5-6H,3-4H2,1-2H3,(H,9,10). The number of carboxylic acid groups (broad SMARTS) is 1. The smallest absolute Gasteiger partial charge is 0.322 e. The quantitative estimate of drug-likeness (QED) is 0.672. The molecule has 1 saturated heterocycles. The molecule has 70 valence electrons. The fourth-order valence-corrected chi connectivity index (χ4v) is 2.55. The summed E-state index contributed by atoms with van der Waals surface area (Å²) < 4.78 is 12.6. The lowest BCUT2D eigenvalue weighted by Gasteiger charge is -2.19. The van der Waals surface area contributed by atoms with Gasteiger partial charge in [0.05, 0.1) is 11.0 Å². The van der Waals surface area contributed by atoms with E-state index >= 15 is 0 Å². The second-order valence-corrected chi connectivity index (χ2v) is 4.43.